The normalized spacial score (nSPS) is 18.6. The molecular weight excluding hydrogens is 350 g/mol. The monoisotopic (exact) mass is 377 g/mol. The predicted octanol–water partition coefficient (Wildman–Crippen LogP) is 3.35. The zero-order chi connectivity index (χ0) is 19.1. The third-order valence-corrected chi connectivity index (χ3v) is 6.49. The molecule has 26 heavy (non-hydrogen) atoms. The molecular formula is C19H27N3O3S. The number of carbonyl (C=O) groups is 1. The van der Waals surface area contributed by atoms with E-state index in [1.165, 1.54) is 4.88 Å². The zero-order valence-corrected chi connectivity index (χ0v) is 17.0. The molecule has 0 bridgehead atoms. The van der Waals surface area contributed by atoms with Gasteiger partial charge in [0.1, 0.15) is 6.54 Å². The first-order valence-corrected chi connectivity index (χ1v) is 10.1. The number of thiophene rings is 1. The average molecular weight is 378 g/mol. The van der Waals surface area contributed by atoms with Gasteiger partial charge in [0.15, 0.2) is 4.83 Å². The number of hydrogen-bond donors (Lipinski definition) is 0. The molecule has 0 amide bonds. The molecule has 1 aliphatic rings. The van der Waals surface area contributed by atoms with Gasteiger partial charge in [0.25, 0.3) is 5.56 Å². The van der Waals surface area contributed by atoms with E-state index >= 15 is 0 Å². The van der Waals surface area contributed by atoms with E-state index in [-0.39, 0.29) is 23.6 Å². The van der Waals surface area contributed by atoms with E-state index in [9.17, 15) is 9.59 Å². The summed E-state index contributed by atoms with van der Waals surface area (Å²) >= 11 is 1.57. The number of aryl methyl sites for hydroxylation is 1. The van der Waals surface area contributed by atoms with Crippen molar-refractivity contribution in [2.24, 2.45) is 11.3 Å². The molecule has 0 fully saturated rings. The summed E-state index contributed by atoms with van der Waals surface area (Å²) in [7, 11) is 0. The topological polar surface area (TPSA) is 74.1 Å². The van der Waals surface area contributed by atoms with Crippen LogP contribution < -0.4 is 5.56 Å². The van der Waals surface area contributed by atoms with Crippen LogP contribution in [0, 0.1) is 11.3 Å². The van der Waals surface area contributed by atoms with Crippen molar-refractivity contribution in [3.63, 3.8) is 0 Å². The van der Waals surface area contributed by atoms with Gasteiger partial charge in [-0.1, -0.05) is 32.9 Å². The fourth-order valence-corrected chi connectivity index (χ4v) is 4.67. The van der Waals surface area contributed by atoms with Gasteiger partial charge >= 0.3 is 5.97 Å². The van der Waals surface area contributed by atoms with Gasteiger partial charge in [0.05, 0.1) is 11.5 Å². The number of ether oxygens (including phenoxy) is 1. The molecule has 0 aromatic carbocycles. The third kappa shape index (κ3) is 3.68. The molecule has 0 saturated carbocycles. The van der Waals surface area contributed by atoms with E-state index in [0.29, 0.717) is 16.1 Å². The van der Waals surface area contributed by atoms with Crippen molar-refractivity contribution in [2.75, 3.05) is 0 Å². The maximum absolute atomic E-state index is 12.9. The van der Waals surface area contributed by atoms with E-state index < -0.39 is 5.97 Å². The lowest BCUT2D eigenvalue weighted by Crippen LogP contribution is -2.30. The molecule has 0 N–H and O–H groups in total. The maximum Gasteiger partial charge on any atom is 0.328 e. The summed E-state index contributed by atoms with van der Waals surface area (Å²) in [5.41, 5.74) is 1.12. The maximum atomic E-state index is 12.9. The molecule has 7 heteroatoms. The summed E-state index contributed by atoms with van der Waals surface area (Å²) in [6, 6.07) is 0. The van der Waals surface area contributed by atoms with Crippen molar-refractivity contribution in [1.82, 2.24) is 15.0 Å². The van der Waals surface area contributed by atoms with Gasteiger partial charge in [-0.05, 0) is 49.5 Å². The van der Waals surface area contributed by atoms with Crippen molar-refractivity contribution in [2.45, 2.75) is 73.0 Å². The Labute approximate surface area is 157 Å². The Morgan fingerprint density at radius 2 is 2.15 bits per heavy atom. The molecule has 0 radical (unpaired) electrons. The standard InChI is InChI=1S/C19H27N3O3S/c1-6-11(2)25-15(23)10-22-18(24)16-13-8-7-12(19(3,4)5)9-14(13)26-17(16)20-21-22/h11-12H,6-10H2,1-5H3. The van der Waals surface area contributed by atoms with Crippen LogP contribution in [-0.2, 0) is 28.9 Å². The first kappa shape index (κ1) is 19.0. The van der Waals surface area contributed by atoms with Crippen LogP contribution in [0.3, 0.4) is 0 Å². The van der Waals surface area contributed by atoms with Crippen LogP contribution >= 0.6 is 11.3 Å². The van der Waals surface area contributed by atoms with E-state index in [2.05, 4.69) is 31.1 Å². The van der Waals surface area contributed by atoms with Crippen LogP contribution in [0.4, 0.5) is 0 Å². The highest BCUT2D eigenvalue weighted by Gasteiger charge is 2.32. The van der Waals surface area contributed by atoms with E-state index in [1.54, 1.807) is 11.3 Å². The lowest BCUT2D eigenvalue weighted by molar-refractivity contribution is -0.149. The molecule has 142 valence electrons. The Balaban J connectivity index is 1.91. The van der Waals surface area contributed by atoms with Gasteiger partial charge in [0.2, 0.25) is 0 Å². The molecule has 0 spiro atoms. The second-order valence-electron chi connectivity index (χ2n) is 8.25. The summed E-state index contributed by atoms with van der Waals surface area (Å²) in [5, 5.41) is 8.81. The smallest absolute Gasteiger partial charge is 0.328 e. The molecule has 1 aliphatic carbocycles. The van der Waals surface area contributed by atoms with Crippen LogP contribution in [0.1, 0.15) is 57.9 Å². The largest absolute Gasteiger partial charge is 0.461 e. The second kappa shape index (κ2) is 7.10. The highest BCUT2D eigenvalue weighted by Crippen LogP contribution is 2.41. The van der Waals surface area contributed by atoms with Crippen LogP contribution in [0.15, 0.2) is 4.79 Å². The third-order valence-electron chi connectivity index (χ3n) is 5.35. The second-order valence-corrected chi connectivity index (χ2v) is 9.33. The van der Waals surface area contributed by atoms with E-state index in [4.69, 9.17) is 4.74 Å². The van der Waals surface area contributed by atoms with Crippen molar-refractivity contribution < 1.29 is 9.53 Å². The molecule has 2 aromatic heterocycles. The Kier molecular flexibility index (Phi) is 5.19. The average Bonchev–Trinajstić information content (AvgIpc) is 2.94. The van der Waals surface area contributed by atoms with Gasteiger partial charge in [0, 0.05) is 4.88 Å². The lowest BCUT2D eigenvalue weighted by atomic mass is 9.72. The van der Waals surface area contributed by atoms with Gasteiger partial charge in [-0.2, -0.15) is 4.68 Å². The molecule has 0 aliphatic heterocycles. The van der Waals surface area contributed by atoms with Crippen LogP contribution in [-0.4, -0.2) is 27.1 Å². The minimum absolute atomic E-state index is 0.168. The van der Waals surface area contributed by atoms with E-state index in [0.717, 1.165) is 35.9 Å². The fourth-order valence-electron chi connectivity index (χ4n) is 3.44. The van der Waals surface area contributed by atoms with Crippen LogP contribution in [0.2, 0.25) is 0 Å². The highest BCUT2D eigenvalue weighted by molar-refractivity contribution is 7.18. The zero-order valence-electron chi connectivity index (χ0n) is 16.2. The highest BCUT2D eigenvalue weighted by atomic mass is 32.1. The lowest BCUT2D eigenvalue weighted by Gasteiger charge is -2.33. The number of aromatic nitrogens is 3. The SMILES string of the molecule is CCC(C)OC(=O)Cn1nnc2sc3c(c2c1=O)CCC(C(C)(C)C)C3. The molecule has 2 heterocycles. The van der Waals surface area contributed by atoms with Gasteiger partial charge in [-0.3, -0.25) is 9.59 Å². The first-order valence-electron chi connectivity index (χ1n) is 9.28. The number of esters is 1. The van der Waals surface area contributed by atoms with Crippen LogP contribution in [0.5, 0.6) is 0 Å². The number of nitrogens with zero attached hydrogens (tertiary/aromatic N) is 3. The minimum atomic E-state index is -0.452. The van der Waals surface area contributed by atoms with Gasteiger partial charge in [-0.25, -0.2) is 0 Å². The van der Waals surface area contributed by atoms with Crippen molar-refractivity contribution in [3.8, 4) is 0 Å². The molecule has 3 rings (SSSR count). The molecule has 2 atom stereocenters. The summed E-state index contributed by atoms with van der Waals surface area (Å²) in [5.74, 6) is 0.149. The number of rotatable bonds is 4. The Bertz CT molecular complexity index is 879. The Morgan fingerprint density at radius 1 is 1.42 bits per heavy atom. The Hall–Kier alpha value is -1.76. The summed E-state index contributed by atoms with van der Waals surface area (Å²) in [4.78, 5) is 26.8. The predicted molar refractivity (Wildman–Crippen MR) is 102 cm³/mol. The first-order chi connectivity index (χ1) is 12.2. The van der Waals surface area contributed by atoms with Gasteiger partial charge < -0.3 is 4.74 Å². The van der Waals surface area contributed by atoms with Crippen LogP contribution in [0.25, 0.3) is 10.2 Å². The number of carbonyl (C=O) groups excluding carboxylic acids is 1. The van der Waals surface area contributed by atoms with Crippen molar-refractivity contribution >= 4 is 27.5 Å². The number of hydrogen-bond acceptors (Lipinski definition) is 6. The molecule has 2 unspecified atom stereocenters. The van der Waals surface area contributed by atoms with E-state index in [1.807, 2.05) is 13.8 Å². The van der Waals surface area contributed by atoms with Crippen molar-refractivity contribution in [1.29, 1.82) is 0 Å². The summed E-state index contributed by atoms with van der Waals surface area (Å²) in [6.07, 6.45) is 3.50. The van der Waals surface area contributed by atoms with Crippen molar-refractivity contribution in [3.05, 3.63) is 20.8 Å². The molecule has 0 saturated heterocycles. The molecule has 6 nitrogen and oxygen atoms in total. The quantitative estimate of drug-likeness (QED) is 0.764. The van der Waals surface area contributed by atoms with Gasteiger partial charge in [-0.15, -0.1) is 16.4 Å². The summed E-state index contributed by atoms with van der Waals surface area (Å²) in [6.45, 7) is 10.4. The fraction of sp³-hybridized carbons (Fsp3) is 0.684. The molecule has 2 aromatic rings. The Morgan fingerprint density at radius 3 is 2.81 bits per heavy atom. The number of fused-ring (bicyclic) bond motifs is 3. The minimum Gasteiger partial charge on any atom is -0.461 e. The summed E-state index contributed by atoms with van der Waals surface area (Å²) < 4.78 is 6.39.